The van der Waals surface area contributed by atoms with Crippen molar-refractivity contribution in [2.75, 3.05) is 6.54 Å². The van der Waals surface area contributed by atoms with Crippen molar-refractivity contribution in [3.05, 3.63) is 0 Å². The van der Waals surface area contributed by atoms with Gasteiger partial charge in [-0.1, -0.05) is 48.5 Å². The van der Waals surface area contributed by atoms with Gasteiger partial charge in [0.05, 0.1) is 0 Å². The normalized spacial score (nSPS) is 15.4. The highest BCUT2D eigenvalue weighted by Gasteiger charge is 2.27. The van der Waals surface area contributed by atoms with E-state index < -0.39 is 0 Å². The third-order valence-corrected chi connectivity index (χ3v) is 3.49. The molecule has 0 aromatic heterocycles. The Bertz CT molecular complexity index is 165. The van der Waals surface area contributed by atoms with Crippen molar-refractivity contribution >= 4 is 0 Å². The van der Waals surface area contributed by atoms with Gasteiger partial charge in [-0.05, 0) is 36.6 Å². The molecule has 0 aromatic rings. The van der Waals surface area contributed by atoms with E-state index in [9.17, 15) is 0 Å². The molecule has 0 aliphatic rings. The average molecular weight is 213 g/mol. The second kappa shape index (κ2) is 5.89. The zero-order chi connectivity index (χ0) is 12.1. The monoisotopic (exact) mass is 213 g/mol. The summed E-state index contributed by atoms with van der Waals surface area (Å²) in [5, 5.41) is 3.65. The number of rotatable bonds is 6. The van der Waals surface area contributed by atoms with Gasteiger partial charge in [-0.2, -0.15) is 0 Å². The van der Waals surface area contributed by atoms with Crippen molar-refractivity contribution in [1.82, 2.24) is 5.32 Å². The van der Waals surface area contributed by atoms with Gasteiger partial charge in [0.15, 0.2) is 0 Å². The minimum absolute atomic E-state index is 0.418. The van der Waals surface area contributed by atoms with Gasteiger partial charge >= 0.3 is 0 Å². The molecule has 0 amide bonds. The van der Waals surface area contributed by atoms with E-state index in [0.29, 0.717) is 16.9 Å². The van der Waals surface area contributed by atoms with Gasteiger partial charge in [-0.25, -0.2) is 0 Å². The Kier molecular flexibility index (Phi) is 5.87. The predicted octanol–water partition coefficient (Wildman–Crippen LogP) is 4.23. The molecule has 1 unspecified atom stereocenters. The highest BCUT2D eigenvalue weighted by atomic mass is 14.9. The zero-order valence-corrected chi connectivity index (χ0v) is 11.9. The molecule has 0 aliphatic carbocycles. The minimum atomic E-state index is 0.418. The van der Waals surface area contributed by atoms with E-state index in [1.807, 2.05) is 0 Å². The molecule has 0 radical (unpaired) electrons. The molecule has 92 valence electrons. The lowest BCUT2D eigenvalue weighted by atomic mass is 9.77. The van der Waals surface area contributed by atoms with E-state index in [1.54, 1.807) is 0 Å². The van der Waals surface area contributed by atoms with Crippen molar-refractivity contribution in [3.63, 3.8) is 0 Å². The maximum absolute atomic E-state index is 3.65. The first-order chi connectivity index (χ1) is 6.73. The Hall–Kier alpha value is -0.0400. The summed E-state index contributed by atoms with van der Waals surface area (Å²) in [5.74, 6) is 0. The largest absolute Gasteiger partial charge is 0.314 e. The smallest absolute Gasteiger partial charge is 0.0118 e. The Morgan fingerprint density at radius 2 is 1.53 bits per heavy atom. The zero-order valence-electron chi connectivity index (χ0n) is 11.9. The van der Waals surface area contributed by atoms with E-state index in [0.717, 1.165) is 6.54 Å². The van der Waals surface area contributed by atoms with Crippen molar-refractivity contribution in [1.29, 1.82) is 0 Å². The predicted molar refractivity (Wildman–Crippen MR) is 70.2 cm³/mol. The van der Waals surface area contributed by atoms with Crippen LogP contribution in [-0.2, 0) is 0 Å². The molecule has 0 aliphatic heterocycles. The fourth-order valence-electron chi connectivity index (χ4n) is 1.84. The van der Waals surface area contributed by atoms with Crippen LogP contribution in [0.3, 0.4) is 0 Å². The van der Waals surface area contributed by atoms with Crippen LogP contribution in [0.1, 0.15) is 67.7 Å². The van der Waals surface area contributed by atoms with Crippen molar-refractivity contribution in [3.8, 4) is 0 Å². The summed E-state index contributed by atoms with van der Waals surface area (Å²) in [4.78, 5) is 0. The molecule has 1 atom stereocenters. The molecule has 1 heteroatoms. The lowest BCUT2D eigenvalue weighted by Gasteiger charge is -2.36. The molecule has 0 heterocycles. The van der Waals surface area contributed by atoms with Gasteiger partial charge in [0.2, 0.25) is 0 Å². The molecule has 0 aromatic carbocycles. The molecular formula is C14H31N. The second-order valence-electron chi connectivity index (χ2n) is 6.55. The Labute approximate surface area is 97.0 Å². The first-order valence-corrected chi connectivity index (χ1v) is 6.46. The molecule has 0 rings (SSSR count). The fourth-order valence-corrected chi connectivity index (χ4v) is 1.84. The van der Waals surface area contributed by atoms with Crippen LogP contribution in [0.4, 0.5) is 0 Å². The lowest BCUT2D eigenvalue weighted by molar-refractivity contribution is 0.199. The topological polar surface area (TPSA) is 12.0 Å². The summed E-state index contributed by atoms with van der Waals surface area (Å²) < 4.78 is 0. The Morgan fingerprint density at radius 3 is 1.87 bits per heavy atom. The standard InChI is InChI=1S/C14H31N/c1-8-14(6,7)12(15-9-2)10-11-13(3,4)5/h12,15H,8-11H2,1-7H3. The van der Waals surface area contributed by atoms with Crippen LogP contribution in [0.25, 0.3) is 0 Å². The molecule has 1 N–H and O–H groups in total. The van der Waals surface area contributed by atoms with Gasteiger partial charge in [-0.3, -0.25) is 0 Å². The number of hydrogen-bond acceptors (Lipinski definition) is 1. The van der Waals surface area contributed by atoms with Gasteiger partial charge in [0.1, 0.15) is 0 Å². The van der Waals surface area contributed by atoms with Crippen molar-refractivity contribution in [2.24, 2.45) is 10.8 Å². The summed E-state index contributed by atoms with van der Waals surface area (Å²) >= 11 is 0. The first-order valence-electron chi connectivity index (χ1n) is 6.46. The molecule has 15 heavy (non-hydrogen) atoms. The van der Waals surface area contributed by atoms with Crippen LogP contribution in [0.2, 0.25) is 0 Å². The van der Waals surface area contributed by atoms with Gasteiger partial charge in [-0.15, -0.1) is 0 Å². The summed E-state index contributed by atoms with van der Waals surface area (Å²) in [6.07, 6.45) is 3.83. The van der Waals surface area contributed by atoms with Crippen LogP contribution in [0.5, 0.6) is 0 Å². The summed E-state index contributed by atoms with van der Waals surface area (Å²) in [6, 6.07) is 0.659. The summed E-state index contributed by atoms with van der Waals surface area (Å²) in [7, 11) is 0. The van der Waals surface area contributed by atoms with Crippen LogP contribution in [0, 0.1) is 10.8 Å². The fraction of sp³-hybridized carbons (Fsp3) is 1.00. The Morgan fingerprint density at radius 1 is 1.00 bits per heavy atom. The first kappa shape index (κ1) is 15.0. The second-order valence-corrected chi connectivity index (χ2v) is 6.55. The van der Waals surface area contributed by atoms with Gasteiger partial charge < -0.3 is 5.32 Å². The molecule has 0 spiro atoms. The van der Waals surface area contributed by atoms with E-state index in [-0.39, 0.29) is 0 Å². The van der Waals surface area contributed by atoms with Crippen LogP contribution >= 0.6 is 0 Å². The van der Waals surface area contributed by atoms with E-state index in [2.05, 4.69) is 53.8 Å². The molecule has 0 bridgehead atoms. The quantitative estimate of drug-likeness (QED) is 0.696. The SMILES string of the molecule is CCNC(CCC(C)(C)C)C(C)(C)CC. The van der Waals surface area contributed by atoms with Crippen molar-refractivity contribution in [2.45, 2.75) is 73.8 Å². The highest BCUT2D eigenvalue weighted by molar-refractivity contribution is 4.84. The van der Waals surface area contributed by atoms with Gasteiger partial charge in [0.25, 0.3) is 0 Å². The molecule has 0 saturated carbocycles. The number of nitrogens with one attached hydrogen (secondary N) is 1. The van der Waals surface area contributed by atoms with Crippen LogP contribution < -0.4 is 5.32 Å². The minimum Gasteiger partial charge on any atom is -0.314 e. The van der Waals surface area contributed by atoms with E-state index in [1.165, 1.54) is 19.3 Å². The highest BCUT2D eigenvalue weighted by Crippen LogP contribution is 2.31. The summed E-state index contributed by atoms with van der Waals surface area (Å²) in [5.41, 5.74) is 0.874. The molecule has 1 nitrogen and oxygen atoms in total. The van der Waals surface area contributed by atoms with E-state index >= 15 is 0 Å². The maximum atomic E-state index is 3.65. The molecular weight excluding hydrogens is 182 g/mol. The lowest BCUT2D eigenvalue weighted by Crippen LogP contribution is -2.42. The molecule has 0 fully saturated rings. The maximum Gasteiger partial charge on any atom is 0.0118 e. The van der Waals surface area contributed by atoms with Crippen LogP contribution in [0.15, 0.2) is 0 Å². The third kappa shape index (κ3) is 6.19. The van der Waals surface area contributed by atoms with Crippen LogP contribution in [-0.4, -0.2) is 12.6 Å². The Balaban J connectivity index is 4.28. The van der Waals surface area contributed by atoms with Crippen molar-refractivity contribution < 1.29 is 0 Å². The number of hydrogen-bond donors (Lipinski definition) is 1. The average Bonchev–Trinajstić information content (AvgIpc) is 2.10. The van der Waals surface area contributed by atoms with E-state index in [4.69, 9.17) is 0 Å². The summed E-state index contributed by atoms with van der Waals surface area (Å²) in [6.45, 7) is 17.3. The third-order valence-electron chi connectivity index (χ3n) is 3.49. The van der Waals surface area contributed by atoms with Gasteiger partial charge in [0, 0.05) is 6.04 Å². The molecule has 0 saturated heterocycles.